The number of benzene rings is 1. The molecule has 0 saturated carbocycles. The second-order valence-electron chi connectivity index (χ2n) is 4.39. The Bertz CT molecular complexity index is 758. The molecule has 1 aromatic heterocycles. The highest BCUT2D eigenvalue weighted by atomic mass is 16.6. The quantitative estimate of drug-likeness (QED) is 0.365. The minimum Gasteiger partial charge on any atom is -0.467 e. The monoisotopic (exact) mass is 312 g/mol. The summed E-state index contributed by atoms with van der Waals surface area (Å²) in [5.74, 6) is 0.0441. The molecule has 0 unspecified atom stereocenters. The van der Waals surface area contributed by atoms with Crippen molar-refractivity contribution in [2.75, 3.05) is 5.32 Å². The van der Waals surface area contributed by atoms with Gasteiger partial charge < -0.3 is 15.1 Å². The van der Waals surface area contributed by atoms with Crippen molar-refractivity contribution in [3.05, 3.63) is 70.3 Å². The number of furan rings is 1. The molecule has 0 aliphatic carbocycles. The second-order valence-corrected chi connectivity index (χ2v) is 4.39. The van der Waals surface area contributed by atoms with Crippen LogP contribution in [0.1, 0.15) is 5.76 Å². The summed E-state index contributed by atoms with van der Waals surface area (Å²) in [6.07, 6.45) is 2.80. The van der Waals surface area contributed by atoms with Crippen molar-refractivity contribution in [2.24, 2.45) is 0 Å². The van der Waals surface area contributed by atoms with E-state index in [1.54, 1.807) is 18.2 Å². The van der Waals surface area contributed by atoms with Gasteiger partial charge >= 0.3 is 0 Å². The fourth-order valence-electron chi connectivity index (χ4n) is 1.68. The molecule has 0 atom stereocenters. The van der Waals surface area contributed by atoms with E-state index in [1.165, 1.54) is 36.7 Å². The Morgan fingerprint density at radius 1 is 1.35 bits per heavy atom. The molecule has 1 amide bonds. The van der Waals surface area contributed by atoms with Gasteiger partial charge in [0.05, 0.1) is 17.7 Å². The third-order valence-electron chi connectivity index (χ3n) is 2.80. The number of hydrogen-bond acceptors (Lipinski definition) is 6. The van der Waals surface area contributed by atoms with Gasteiger partial charge in [-0.2, -0.15) is 5.26 Å². The molecule has 8 heteroatoms. The molecule has 116 valence electrons. The number of nitrogens with zero attached hydrogens (tertiary/aromatic N) is 2. The van der Waals surface area contributed by atoms with Crippen LogP contribution >= 0.6 is 0 Å². The highest BCUT2D eigenvalue weighted by Gasteiger charge is 2.10. The van der Waals surface area contributed by atoms with Crippen LogP contribution in [0.5, 0.6) is 0 Å². The number of non-ortho nitro benzene ring substituents is 1. The molecule has 0 aliphatic rings. The first-order valence-corrected chi connectivity index (χ1v) is 6.52. The van der Waals surface area contributed by atoms with E-state index in [0.717, 1.165) is 0 Å². The zero-order chi connectivity index (χ0) is 16.7. The maximum Gasteiger partial charge on any atom is 0.269 e. The Labute approximate surface area is 131 Å². The molecule has 0 aliphatic heterocycles. The predicted molar refractivity (Wildman–Crippen MR) is 81.0 cm³/mol. The lowest BCUT2D eigenvalue weighted by atomic mass is 10.2. The zero-order valence-electron chi connectivity index (χ0n) is 11.9. The van der Waals surface area contributed by atoms with Gasteiger partial charge in [0.1, 0.15) is 17.4 Å². The van der Waals surface area contributed by atoms with Crippen LogP contribution < -0.4 is 10.6 Å². The van der Waals surface area contributed by atoms with Crippen molar-refractivity contribution in [3.8, 4) is 6.07 Å². The van der Waals surface area contributed by atoms with Crippen molar-refractivity contribution in [1.82, 2.24) is 5.32 Å². The van der Waals surface area contributed by atoms with Crippen LogP contribution in [0.25, 0.3) is 0 Å². The largest absolute Gasteiger partial charge is 0.467 e. The molecule has 2 rings (SSSR count). The summed E-state index contributed by atoms with van der Waals surface area (Å²) in [6, 6.07) is 10.6. The number of rotatable bonds is 6. The minimum absolute atomic E-state index is 0.0841. The molecule has 2 aromatic rings. The lowest BCUT2D eigenvalue weighted by molar-refractivity contribution is -0.384. The van der Waals surface area contributed by atoms with Gasteiger partial charge in [-0.1, -0.05) is 0 Å². The minimum atomic E-state index is -0.617. The van der Waals surface area contributed by atoms with Gasteiger partial charge in [-0.3, -0.25) is 14.9 Å². The zero-order valence-corrected chi connectivity index (χ0v) is 11.9. The first-order chi connectivity index (χ1) is 11.1. The second kappa shape index (κ2) is 7.42. The van der Waals surface area contributed by atoms with Crippen LogP contribution in [0.3, 0.4) is 0 Å². The number of carbonyl (C=O) groups is 1. The highest BCUT2D eigenvalue weighted by Crippen LogP contribution is 2.15. The van der Waals surface area contributed by atoms with Crippen molar-refractivity contribution < 1.29 is 14.1 Å². The number of nitrogens with one attached hydrogen (secondary N) is 2. The van der Waals surface area contributed by atoms with E-state index in [9.17, 15) is 14.9 Å². The Morgan fingerprint density at radius 3 is 2.65 bits per heavy atom. The van der Waals surface area contributed by atoms with Crippen LogP contribution in [0.15, 0.2) is 58.9 Å². The third kappa shape index (κ3) is 4.44. The van der Waals surface area contributed by atoms with E-state index in [4.69, 9.17) is 9.68 Å². The lowest BCUT2D eigenvalue weighted by Gasteiger charge is -2.04. The first kappa shape index (κ1) is 15.8. The number of nitro groups is 1. The maximum atomic E-state index is 12.0. The molecular weight excluding hydrogens is 300 g/mol. The molecule has 0 radical (unpaired) electrons. The molecule has 2 N–H and O–H groups in total. The predicted octanol–water partition coefficient (Wildman–Crippen LogP) is 2.32. The van der Waals surface area contributed by atoms with E-state index < -0.39 is 10.8 Å². The molecule has 0 bridgehead atoms. The average Bonchev–Trinajstić information content (AvgIpc) is 3.05. The average molecular weight is 312 g/mol. The number of nitro benzene ring substituents is 1. The Morgan fingerprint density at radius 2 is 2.09 bits per heavy atom. The van der Waals surface area contributed by atoms with Gasteiger partial charge in [0.15, 0.2) is 0 Å². The Hall–Kier alpha value is -3.60. The maximum absolute atomic E-state index is 12.0. The summed E-state index contributed by atoms with van der Waals surface area (Å²) >= 11 is 0. The van der Waals surface area contributed by atoms with Crippen LogP contribution in [-0.4, -0.2) is 10.8 Å². The molecule has 8 nitrogen and oxygen atoms in total. The number of amides is 1. The molecule has 1 aromatic carbocycles. The molecule has 0 fully saturated rings. The SMILES string of the molecule is N#C/C(=C/NCc1ccco1)C(=O)Nc1ccc([N+](=O)[O-])cc1. The topological polar surface area (TPSA) is 121 Å². The fourth-order valence-corrected chi connectivity index (χ4v) is 1.68. The summed E-state index contributed by atoms with van der Waals surface area (Å²) in [4.78, 5) is 22.0. The Kier molecular flexibility index (Phi) is 5.09. The van der Waals surface area contributed by atoms with Crippen molar-refractivity contribution in [1.29, 1.82) is 5.26 Å². The summed E-state index contributed by atoms with van der Waals surface area (Å²) in [7, 11) is 0. The number of anilines is 1. The number of carbonyl (C=O) groups excluding carboxylic acids is 1. The van der Waals surface area contributed by atoms with E-state index in [0.29, 0.717) is 18.0 Å². The van der Waals surface area contributed by atoms with E-state index in [-0.39, 0.29) is 11.3 Å². The summed E-state index contributed by atoms with van der Waals surface area (Å²) in [5, 5.41) is 24.9. The third-order valence-corrected chi connectivity index (χ3v) is 2.80. The standard InChI is InChI=1S/C15H12N4O4/c16-8-11(9-17-10-14-2-1-7-23-14)15(20)18-12-3-5-13(6-4-12)19(21)22/h1-7,9,17H,10H2,(H,18,20)/b11-9-. The number of nitriles is 1. The molecular formula is C15H12N4O4. The lowest BCUT2D eigenvalue weighted by Crippen LogP contribution is -2.16. The number of hydrogen-bond donors (Lipinski definition) is 2. The van der Waals surface area contributed by atoms with Crippen molar-refractivity contribution >= 4 is 17.3 Å². The van der Waals surface area contributed by atoms with E-state index in [1.807, 2.05) is 0 Å². The van der Waals surface area contributed by atoms with Gasteiger partial charge in [-0.25, -0.2) is 0 Å². The molecule has 1 heterocycles. The van der Waals surface area contributed by atoms with Gasteiger partial charge in [0.25, 0.3) is 11.6 Å². The van der Waals surface area contributed by atoms with E-state index in [2.05, 4.69) is 10.6 Å². The van der Waals surface area contributed by atoms with Gasteiger partial charge in [-0.15, -0.1) is 0 Å². The van der Waals surface area contributed by atoms with Crippen LogP contribution in [0, 0.1) is 21.4 Å². The Balaban J connectivity index is 1.96. The smallest absolute Gasteiger partial charge is 0.269 e. The highest BCUT2D eigenvalue weighted by molar-refractivity contribution is 6.06. The van der Waals surface area contributed by atoms with Crippen molar-refractivity contribution in [3.63, 3.8) is 0 Å². The normalized spacial score (nSPS) is 10.7. The summed E-state index contributed by atoms with van der Waals surface area (Å²) < 4.78 is 5.11. The first-order valence-electron chi connectivity index (χ1n) is 6.52. The summed E-state index contributed by atoms with van der Waals surface area (Å²) in [6.45, 7) is 0.336. The van der Waals surface area contributed by atoms with Crippen LogP contribution in [0.4, 0.5) is 11.4 Å². The van der Waals surface area contributed by atoms with Crippen LogP contribution in [0.2, 0.25) is 0 Å². The van der Waals surface area contributed by atoms with Gasteiger partial charge in [0.2, 0.25) is 0 Å². The van der Waals surface area contributed by atoms with E-state index >= 15 is 0 Å². The molecule has 0 saturated heterocycles. The summed E-state index contributed by atoms with van der Waals surface area (Å²) in [5.41, 5.74) is 0.141. The fraction of sp³-hybridized carbons (Fsp3) is 0.0667. The molecule has 0 spiro atoms. The van der Waals surface area contributed by atoms with Crippen molar-refractivity contribution in [2.45, 2.75) is 6.54 Å². The van der Waals surface area contributed by atoms with Gasteiger partial charge in [0, 0.05) is 24.0 Å². The van der Waals surface area contributed by atoms with Gasteiger partial charge in [-0.05, 0) is 24.3 Å². The van der Waals surface area contributed by atoms with Crippen LogP contribution in [-0.2, 0) is 11.3 Å². The molecule has 23 heavy (non-hydrogen) atoms.